The highest BCUT2D eigenvalue weighted by molar-refractivity contribution is 5.76. The predicted molar refractivity (Wildman–Crippen MR) is 128 cm³/mol. The van der Waals surface area contributed by atoms with Crippen molar-refractivity contribution in [2.45, 2.75) is 44.2 Å². The summed E-state index contributed by atoms with van der Waals surface area (Å²) < 4.78 is 0. The Kier molecular flexibility index (Phi) is 8.92. The quantitative estimate of drug-likeness (QED) is 0.600. The molecule has 1 saturated heterocycles. The van der Waals surface area contributed by atoms with Crippen LogP contribution in [0.2, 0.25) is 0 Å². The molecule has 31 heavy (non-hydrogen) atoms. The Labute approximate surface area is 186 Å². The van der Waals surface area contributed by atoms with Gasteiger partial charge in [-0.05, 0) is 43.2 Å². The van der Waals surface area contributed by atoms with Gasteiger partial charge in [0.05, 0.1) is 12.1 Å². The van der Waals surface area contributed by atoms with Crippen LogP contribution in [-0.2, 0) is 6.42 Å². The molecule has 4 heteroatoms. The first-order chi connectivity index (χ1) is 15.2. The lowest BCUT2D eigenvalue weighted by molar-refractivity contribution is 0.0759. The first-order valence-electron chi connectivity index (χ1n) is 11.3. The molecule has 1 aliphatic carbocycles. The fourth-order valence-corrected chi connectivity index (χ4v) is 4.11. The number of allylic oxidation sites excluding steroid dienone is 6. The molecule has 164 valence electrons. The van der Waals surface area contributed by atoms with Gasteiger partial charge in [0.2, 0.25) is 0 Å². The van der Waals surface area contributed by atoms with Crippen LogP contribution in [0.25, 0.3) is 0 Å². The normalized spacial score (nSPS) is 22.6. The topological polar surface area (TPSA) is 43.8 Å². The second-order valence-corrected chi connectivity index (χ2v) is 8.13. The van der Waals surface area contributed by atoms with Gasteiger partial charge in [-0.3, -0.25) is 0 Å². The molecule has 1 aliphatic heterocycles. The highest BCUT2D eigenvalue weighted by atomic mass is 16.3. The number of carbonyl (C=O) groups is 1. The molecule has 0 bridgehead atoms. The molecule has 3 rings (SSSR count). The zero-order chi connectivity index (χ0) is 21.9. The van der Waals surface area contributed by atoms with E-state index < -0.39 is 6.10 Å². The van der Waals surface area contributed by atoms with Crippen LogP contribution < -0.4 is 0 Å². The van der Waals surface area contributed by atoms with Gasteiger partial charge in [0, 0.05) is 19.6 Å². The third-order valence-corrected chi connectivity index (χ3v) is 5.83. The summed E-state index contributed by atoms with van der Waals surface area (Å²) in [5.41, 5.74) is 2.29. The molecule has 1 fully saturated rings. The second-order valence-electron chi connectivity index (χ2n) is 8.13. The van der Waals surface area contributed by atoms with Crippen LogP contribution in [0.1, 0.15) is 31.2 Å². The molecule has 2 aliphatic rings. The summed E-state index contributed by atoms with van der Waals surface area (Å²) in [7, 11) is 0. The van der Waals surface area contributed by atoms with Crippen molar-refractivity contribution < 1.29 is 9.90 Å². The van der Waals surface area contributed by atoms with Crippen molar-refractivity contribution in [3.63, 3.8) is 0 Å². The lowest BCUT2D eigenvalue weighted by Crippen LogP contribution is -2.50. The van der Waals surface area contributed by atoms with Gasteiger partial charge < -0.3 is 14.9 Å². The second kappa shape index (κ2) is 12.1. The van der Waals surface area contributed by atoms with Gasteiger partial charge in [0.25, 0.3) is 0 Å². The number of hydrogen-bond donors (Lipinski definition) is 1. The Morgan fingerprint density at radius 3 is 2.77 bits per heavy atom. The van der Waals surface area contributed by atoms with Gasteiger partial charge in [-0.1, -0.05) is 85.5 Å². The Bertz CT molecular complexity index is 838. The van der Waals surface area contributed by atoms with Gasteiger partial charge in [-0.15, -0.1) is 0 Å². The lowest BCUT2D eigenvalue weighted by Gasteiger charge is -2.34. The smallest absolute Gasteiger partial charge is 0.320 e. The van der Waals surface area contributed by atoms with Crippen LogP contribution >= 0.6 is 0 Å². The number of rotatable bonds is 8. The first kappa shape index (κ1) is 22.8. The van der Waals surface area contributed by atoms with Gasteiger partial charge >= 0.3 is 6.03 Å². The standard InChI is InChI=1S/C27H34N2O2/c1-2-3-4-7-13-19-28-20-18-26(30)25(21-23-14-11-8-12-15-23)29(27(28)31)22-24-16-9-5-6-10-17-24/h2-4,7-9,11-17,25-26,30H,1,5-6,10,18-22H2/b4-3-,13-7+/t25-,26?/m1/s1. The predicted octanol–water partition coefficient (Wildman–Crippen LogP) is 5.05. The van der Waals surface area contributed by atoms with Crippen LogP contribution in [0.15, 0.2) is 91.1 Å². The van der Waals surface area contributed by atoms with Crippen molar-refractivity contribution >= 4 is 6.03 Å². The fourth-order valence-electron chi connectivity index (χ4n) is 4.11. The van der Waals surface area contributed by atoms with E-state index in [1.807, 2.05) is 52.3 Å². The third-order valence-electron chi connectivity index (χ3n) is 5.83. The van der Waals surface area contributed by atoms with Crippen molar-refractivity contribution in [3.05, 3.63) is 96.7 Å². The summed E-state index contributed by atoms with van der Waals surface area (Å²) in [6, 6.07) is 9.89. The maximum atomic E-state index is 13.6. The van der Waals surface area contributed by atoms with Gasteiger partial charge in [0.1, 0.15) is 0 Å². The van der Waals surface area contributed by atoms with Crippen molar-refractivity contribution in [3.8, 4) is 0 Å². The highest BCUT2D eigenvalue weighted by Gasteiger charge is 2.36. The highest BCUT2D eigenvalue weighted by Crippen LogP contribution is 2.23. The number of amides is 2. The average Bonchev–Trinajstić information content (AvgIpc) is 3.11. The van der Waals surface area contributed by atoms with E-state index in [2.05, 4.69) is 36.9 Å². The van der Waals surface area contributed by atoms with Crippen molar-refractivity contribution in [2.75, 3.05) is 19.6 Å². The number of hydrogen-bond acceptors (Lipinski definition) is 2. The van der Waals surface area contributed by atoms with Crippen molar-refractivity contribution in [1.29, 1.82) is 0 Å². The number of aliphatic hydroxyl groups excluding tert-OH is 1. The number of urea groups is 1. The molecular weight excluding hydrogens is 384 g/mol. The van der Waals surface area contributed by atoms with E-state index in [0.29, 0.717) is 32.5 Å². The van der Waals surface area contributed by atoms with E-state index in [9.17, 15) is 9.90 Å². The van der Waals surface area contributed by atoms with E-state index in [1.165, 1.54) is 0 Å². The SMILES string of the molecule is C=C/C=C\C=C\CN1CCC(O)[C@@H](Cc2ccccc2)N(CC2=CCCCC=C2)C1=O. The summed E-state index contributed by atoms with van der Waals surface area (Å²) >= 11 is 0. The molecule has 0 saturated carbocycles. The average molecular weight is 419 g/mol. The minimum atomic E-state index is -0.561. The van der Waals surface area contributed by atoms with Crippen molar-refractivity contribution in [2.24, 2.45) is 0 Å². The number of nitrogens with zero attached hydrogens (tertiary/aromatic N) is 2. The van der Waals surface area contributed by atoms with E-state index in [0.717, 1.165) is 30.4 Å². The fraction of sp³-hybridized carbons (Fsp3) is 0.370. The molecule has 0 spiro atoms. The molecule has 2 amide bonds. The van der Waals surface area contributed by atoms with E-state index >= 15 is 0 Å². The van der Waals surface area contributed by atoms with Gasteiger partial charge in [-0.25, -0.2) is 4.79 Å². The van der Waals surface area contributed by atoms with Gasteiger partial charge in [0.15, 0.2) is 0 Å². The molecule has 1 N–H and O–H groups in total. The van der Waals surface area contributed by atoms with Crippen LogP contribution in [0, 0.1) is 0 Å². The molecule has 1 aromatic rings. The molecular formula is C27H34N2O2. The van der Waals surface area contributed by atoms with Crippen LogP contribution in [-0.4, -0.2) is 52.7 Å². The number of benzene rings is 1. The minimum Gasteiger partial charge on any atom is -0.391 e. The molecule has 0 radical (unpaired) electrons. The molecule has 1 unspecified atom stereocenters. The Hall–Kier alpha value is -2.85. The van der Waals surface area contributed by atoms with Crippen LogP contribution in [0.3, 0.4) is 0 Å². The Balaban J connectivity index is 1.84. The molecule has 0 aromatic heterocycles. The summed E-state index contributed by atoms with van der Waals surface area (Å²) in [5, 5.41) is 11.0. The Morgan fingerprint density at radius 1 is 1.13 bits per heavy atom. The van der Waals surface area contributed by atoms with Crippen LogP contribution in [0.4, 0.5) is 4.79 Å². The van der Waals surface area contributed by atoms with Crippen LogP contribution in [0.5, 0.6) is 0 Å². The first-order valence-corrected chi connectivity index (χ1v) is 11.3. The monoisotopic (exact) mass is 418 g/mol. The minimum absolute atomic E-state index is 0.00613. The largest absolute Gasteiger partial charge is 0.391 e. The molecule has 4 nitrogen and oxygen atoms in total. The summed E-state index contributed by atoms with van der Waals surface area (Å²) in [5.74, 6) is 0. The van der Waals surface area contributed by atoms with Gasteiger partial charge in [-0.2, -0.15) is 0 Å². The number of carbonyl (C=O) groups excluding carboxylic acids is 1. The third kappa shape index (κ3) is 6.83. The maximum absolute atomic E-state index is 13.6. The number of aliphatic hydroxyl groups is 1. The van der Waals surface area contributed by atoms with E-state index in [-0.39, 0.29) is 12.1 Å². The lowest BCUT2D eigenvalue weighted by atomic mass is 9.97. The zero-order valence-corrected chi connectivity index (χ0v) is 18.3. The van der Waals surface area contributed by atoms with E-state index in [4.69, 9.17) is 0 Å². The molecule has 1 aromatic carbocycles. The summed E-state index contributed by atoms with van der Waals surface area (Å²) in [6.45, 7) is 5.27. The van der Waals surface area contributed by atoms with Crippen molar-refractivity contribution in [1.82, 2.24) is 9.80 Å². The Morgan fingerprint density at radius 2 is 1.97 bits per heavy atom. The zero-order valence-electron chi connectivity index (χ0n) is 18.3. The summed E-state index contributed by atoms with van der Waals surface area (Å²) in [4.78, 5) is 17.3. The summed E-state index contributed by atoms with van der Waals surface area (Å²) in [6.07, 6.45) is 19.9. The molecule has 2 atom stereocenters. The van der Waals surface area contributed by atoms with E-state index in [1.54, 1.807) is 6.08 Å². The maximum Gasteiger partial charge on any atom is 0.320 e. The molecule has 1 heterocycles.